The van der Waals surface area contributed by atoms with Gasteiger partial charge in [-0.15, -0.1) is 5.10 Å². The van der Waals surface area contributed by atoms with Crippen LogP contribution in [0.1, 0.15) is 15.9 Å². The Morgan fingerprint density at radius 2 is 2.20 bits per heavy atom. The van der Waals surface area contributed by atoms with E-state index < -0.39 is 10.8 Å². The number of aromatic nitrogens is 3. The molecule has 2 N–H and O–H groups in total. The molecular weight excluding hydrogens is 266 g/mol. The number of hydrogen-bond donors (Lipinski definition) is 2. The molecule has 1 aromatic carbocycles. The molecular formula is C11H11N5O4. The Morgan fingerprint density at radius 1 is 1.45 bits per heavy atom. The summed E-state index contributed by atoms with van der Waals surface area (Å²) in [5.41, 5.74) is 0.622. The highest BCUT2D eigenvalue weighted by Gasteiger charge is 2.15. The number of anilines is 1. The van der Waals surface area contributed by atoms with Gasteiger partial charge in [-0.2, -0.15) is 4.98 Å². The largest absolute Gasteiger partial charge is 0.466 e. The van der Waals surface area contributed by atoms with Crippen LogP contribution in [-0.4, -0.2) is 33.1 Å². The minimum atomic E-state index is -0.554. The van der Waals surface area contributed by atoms with Crippen molar-refractivity contribution < 1.29 is 14.5 Å². The van der Waals surface area contributed by atoms with Crippen molar-refractivity contribution in [2.75, 3.05) is 12.4 Å². The minimum absolute atomic E-state index is 0.0792. The number of hydrogen-bond acceptors (Lipinski definition) is 6. The van der Waals surface area contributed by atoms with Crippen molar-refractivity contribution in [3.63, 3.8) is 0 Å². The smallest absolute Gasteiger partial charge is 0.336 e. The topological polar surface area (TPSA) is 123 Å². The van der Waals surface area contributed by atoms with Crippen molar-refractivity contribution in [2.45, 2.75) is 6.92 Å². The summed E-state index contributed by atoms with van der Waals surface area (Å²) in [6, 6.07) is 4.19. The van der Waals surface area contributed by atoms with Crippen molar-refractivity contribution in [3.05, 3.63) is 39.4 Å². The van der Waals surface area contributed by atoms with Crippen molar-refractivity contribution in [1.82, 2.24) is 15.2 Å². The quantitative estimate of drug-likeness (QED) is 0.641. The first-order valence-corrected chi connectivity index (χ1v) is 5.53. The number of benzene rings is 1. The molecule has 0 aliphatic rings. The number of aromatic amines is 1. The monoisotopic (exact) mass is 277 g/mol. The van der Waals surface area contributed by atoms with Crippen LogP contribution in [0, 0.1) is 17.0 Å². The van der Waals surface area contributed by atoms with Crippen LogP contribution in [0.2, 0.25) is 0 Å². The van der Waals surface area contributed by atoms with Crippen LogP contribution in [0.15, 0.2) is 18.2 Å². The molecule has 9 heteroatoms. The summed E-state index contributed by atoms with van der Waals surface area (Å²) in [6.07, 6.45) is 0. The molecule has 1 amide bonds. The highest BCUT2D eigenvalue weighted by atomic mass is 16.6. The Kier molecular flexibility index (Phi) is 3.60. The predicted molar refractivity (Wildman–Crippen MR) is 68.7 cm³/mol. The lowest BCUT2D eigenvalue weighted by molar-refractivity contribution is -0.384. The van der Waals surface area contributed by atoms with Crippen LogP contribution >= 0.6 is 0 Å². The zero-order valence-corrected chi connectivity index (χ0v) is 10.7. The van der Waals surface area contributed by atoms with Gasteiger partial charge in [0.15, 0.2) is 0 Å². The number of non-ortho nitro benzene ring substituents is 1. The van der Waals surface area contributed by atoms with Crippen LogP contribution in [0.25, 0.3) is 0 Å². The van der Waals surface area contributed by atoms with E-state index in [4.69, 9.17) is 4.74 Å². The van der Waals surface area contributed by atoms with Gasteiger partial charge >= 0.3 is 6.01 Å². The molecule has 0 bridgehead atoms. The second-order valence-corrected chi connectivity index (χ2v) is 3.94. The lowest BCUT2D eigenvalue weighted by atomic mass is 10.1. The van der Waals surface area contributed by atoms with Crippen LogP contribution in [-0.2, 0) is 0 Å². The molecule has 0 aliphatic carbocycles. The molecule has 0 saturated heterocycles. The Labute approximate surface area is 113 Å². The first kappa shape index (κ1) is 13.5. The van der Waals surface area contributed by atoms with Crippen LogP contribution in [0.4, 0.5) is 11.6 Å². The molecule has 2 aromatic rings. The highest BCUT2D eigenvalue weighted by Crippen LogP contribution is 2.17. The normalized spacial score (nSPS) is 10.1. The fraction of sp³-hybridized carbons (Fsp3) is 0.182. The van der Waals surface area contributed by atoms with Crippen molar-refractivity contribution in [2.24, 2.45) is 0 Å². The number of rotatable bonds is 4. The van der Waals surface area contributed by atoms with E-state index in [0.29, 0.717) is 5.56 Å². The maximum Gasteiger partial charge on any atom is 0.336 e. The Balaban J connectivity index is 2.22. The van der Waals surface area contributed by atoms with E-state index in [-0.39, 0.29) is 23.2 Å². The second-order valence-electron chi connectivity index (χ2n) is 3.94. The van der Waals surface area contributed by atoms with E-state index in [2.05, 4.69) is 20.5 Å². The molecule has 104 valence electrons. The summed E-state index contributed by atoms with van der Waals surface area (Å²) in [4.78, 5) is 26.0. The van der Waals surface area contributed by atoms with E-state index in [9.17, 15) is 14.9 Å². The van der Waals surface area contributed by atoms with Crippen LogP contribution < -0.4 is 10.1 Å². The third-order valence-electron chi connectivity index (χ3n) is 2.41. The molecule has 1 heterocycles. The number of nitrogens with zero attached hydrogens (tertiary/aromatic N) is 3. The van der Waals surface area contributed by atoms with Crippen molar-refractivity contribution in [3.8, 4) is 6.01 Å². The number of aryl methyl sites for hydroxylation is 1. The second kappa shape index (κ2) is 5.34. The van der Waals surface area contributed by atoms with Gasteiger partial charge in [0.05, 0.1) is 12.0 Å². The number of carbonyl (C=O) groups is 1. The van der Waals surface area contributed by atoms with Gasteiger partial charge in [-0.3, -0.25) is 20.2 Å². The summed E-state index contributed by atoms with van der Waals surface area (Å²) < 4.78 is 4.76. The molecule has 9 nitrogen and oxygen atoms in total. The molecule has 0 atom stereocenters. The predicted octanol–water partition coefficient (Wildman–Crippen LogP) is 1.28. The number of amides is 1. The average Bonchev–Trinajstić information content (AvgIpc) is 2.85. The number of ether oxygens (including phenoxy) is 1. The number of nitro groups is 1. The van der Waals surface area contributed by atoms with E-state index >= 15 is 0 Å². The first-order valence-electron chi connectivity index (χ1n) is 5.53. The average molecular weight is 277 g/mol. The van der Waals surface area contributed by atoms with Crippen LogP contribution in [0.3, 0.4) is 0 Å². The summed E-state index contributed by atoms with van der Waals surface area (Å²) in [5.74, 6) is -0.438. The lowest BCUT2D eigenvalue weighted by Gasteiger charge is -2.03. The van der Waals surface area contributed by atoms with Crippen molar-refractivity contribution in [1.29, 1.82) is 0 Å². The fourth-order valence-corrected chi connectivity index (χ4v) is 1.57. The molecule has 20 heavy (non-hydrogen) atoms. The molecule has 1 aromatic heterocycles. The zero-order valence-electron chi connectivity index (χ0n) is 10.7. The molecule has 0 saturated carbocycles. The highest BCUT2D eigenvalue weighted by molar-refractivity contribution is 6.03. The van der Waals surface area contributed by atoms with Crippen LogP contribution in [0.5, 0.6) is 6.01 Å². The van der Waals surface area contributed by atoms with Gasteiger partial charge in [0.1, 0.15) is 0 Å². The van der Waals surface area contributed by atoms with E-state index in [0.717, 1.165) is 0 Å². The summed E-state index contributed by atoms with van der Waals surface area (Å²) >= 11 is 0. The number of H-pyrrole nitrogens is 1. The van der Waals surface area contributed by atoms with Gasteiger partial charge in [-0.25, -0.2) is 5.10 Å². The van der Waals surface area contributed by atoms with E-state index in [1.165, 1.54) is 25.3 Å². The maximum absolute atomic E-state index is 12.0. The number of carbonyl (C=O) groups excluding carboxylic acids is 1. The standard InChI is InChI=1S/C11H11N5O4/c1-6-3-7(5-8(4-6)16(18)19)9(17)12-10-13-11(20-2)15-14-10/h3-5H,1-2H3,(H2,12,13,14,15,17). The van der Waals surface area contributed by atoms with E-state index in [1.807, 2.05) is 0 Å². The zero-order chi connectivity index (χ0) is 14.7. The van der Waals surface area contributed by atoms with E-state index in [1.54, 1.807) is 6.92 Å². The summed E-state index contributed by atoms with van der Waals surface area (Å²) in [7, 11) is 1.39. The number of nitrogens with one attached hydrogen (secondary N) is 2. The third-order valence-corrected chi connectivity index (χ3v) is 2.41. The van der Waals surface area contributed by atoms with Gasteiger partial charge in [0.2, 0.25) is 5.95 Å². The maximum atomic E-state index is 12.0. The van der Waals surface area contributed by atoms with Gasteiger partial charge < -0.3 is 4.74 Å². The lowest BCUT2D eigenvalue weighted by Crippen LogP contribution is -2.13. The molecule has 0 fully saturated rings. The molecule has 0 unspecified atom stereocenters. The Bertz CT molecular complexity index is 667. The molecule has 0 radical (unpaired) electrons. The van der Waals surface area contributed by atoms with Crippen molar-refractivity contribution >= 4 is 17.5 Å². The van der Waals surface area contributed by atoms with Gasteiger partial charge in [0.25, 0.3) is 11.6 Å². The fourth-order valence-electron chi connectivity index (χ4n) is 1.57. The number of methoxy groups -OCH3 is 1. The molecule has 2 rings (SSSR count). The third kappa shape index (κ3) is 2.88. The van der Waals surface area contributed by atoms with Gasteiger partial charge in [-0.1, -0.05) is 0 Å². The summed E-state index contributed by atoms with van der Waals surface area (Å²) in [6.45, 7) is 1.67. The first-order chi connectivity index (χ1) is 9.49. The molecule has 0 aliphatic heterocycles. The van der Waals surface area contributed by atoms with Gasteiger partial charge in [0, 0.05) is 17.7 Å². The number of nitro benzene ring substituents is 1. The minimum Gasteiger partial charge on any atom is -0.466 e. The van der Waals surface area contributed by atoms with Gasteiger partial charge in [-0.05, 0) is 18.6 Å². The Morgan fingerprint density at radius 3 is 2.80 bits per heavy atom. The summed E-state index contributed by atoms with van der Waals surface area (Å²) in [5, 5.41) is 19.3. The molecule has 0 spiro atoms. The Hall–Kier alpha value is -2.97. The SMILES string of the molecule is COc1n[nH]c(NC(=O)c2cc(C)cc([N+](=O)[O-])c2)n1.